The maximum absolute atomic E-state index is 5.17. The Morgan fingerprint density at radius 2 is 0.822 bits per heavy atom. The van der Waals surface area contributed by atoms with Crippen molar-refractivity contribution in [2.45, 2.75) is 0 Å². The van der Waals surface area contributed by atoms with E-state index in [1.54, 1.807) is 0 Å². The van der Waals surface area contributed by atoms with Gasteiger partial charge in [-0.15, -0.1) is 5.10 Å². The predicted octanol–water partition coefficient (Wildman–Crippen LogP) is 9.14. The molecule has 0 aliphatic carbocycles. The number of fused-ring (bicyclic) bond motifs is 9. The van der Waals surface area contributed by atoms with Crippen LogP contribution in [-0.2, 0) is 0 Å². The highest BCUT2D eigenvalue weighted by Crippen LogP contribution is 2.35. The molecule has 0 amide bonds. The number of nitrogens with zero attached hydrogens (tertiary/aromatic N) is 6. The zero-order valence-corrected chi connectivity index (χ0v) is 24.0. The van der Waals surface area contributed by atoms with Crippen molar-refractivity contribution in [2.24, 2.45) is 0 Å². The molecule has 4 aromatic heterocycles. The Hall–Kier alpha value is -6.27. The fraction of sp³-hybridized carbons (Fsp3) is 0. The largest absolute Gasteiger partial charge is 0.309 e. The number of hydrogen-bond acceptors (Lipinski definition) is 3. The summed E-state index contributed by atoms with van der Waals surface area (Å²) >= 11 is 0. The van der Waals surface area contributed by atoms with Gasteiger partial charge in [-0.3, -0.25) is 4.57 Å². The van der Waals surface area contributed by atoms with Crippen molar-refractivity contribution >= 4 is 60.3 Å². The average molecular weight is 577 g/mol. The van der Waals surface area contributed by atoms with Gasteiger partial charge >= 0.3 is 0 Å². The Kier molecular flexibility index (Phi) is 4.90. The third-order valence-corrected chi connectivity index (χ3v) is 8.92. The molecular weight excluding hydrogens is 552 g/mol. The third-order valence-electron chi connectivity index (χ3n) is 8.92. The lowest BCUT2D eigenvalue weighted by molar-refractivity contribution is 0.971. The highest BCUT2D eigenvalue weighted by atomic mass is 15.3. The molecule has 0 unspecified atom stereocenters. The van der Waals surface area contributed by atoms with Gasteiger partial charge in [-0.1, -0.05) is 84.9 Å². The van der Waals surface area contributed by atoms with Crippen molar-refractivity contribution in [2.75, 3.05) is 0 Å². The van der Waals surface area contributed by atoms with E-state index in [-0.39, 0.29) is 0 Å². The van der Waals surface area contributed by atoms with Crippen molar-refractivity contribution in [3.05, 3.63) is 146 Å². The van der Waals surface area contributed by atoms with Gasteiger partial charge in [-0.05, 0) is 60.7 Å². The van der Waals surface area contributed by atoms with E-state index in [9.17, 15) is 0 Å². The molecule has 0 atom stereocenters. The van der Waals surface area contributed by atoms with Crippen molar-refractivity contribution < 1.29 is 0 Å². The van der Waals surface area contributed by atoms with Crippen LogP contribution in [0, 0.1) is 0 Å². The fourth-order valence-electron chi connectivity index (χ4n) is 6.94. The quantitative estimate of drug-likeness (QED) is 0.211. The van der Waals surface area contributed by atoms with Gasteiger partial charge in [0.25, 0.3) is 5.78 Å². The van der Waals surface area contributed by atoms with Crippen LogP contribution in [0.25, 0.3) is 83.2 Å². The number of benzene rings is 6. The van der Waals surface area contributed by atoms with Crippen molar-refractivity contribution in [3.63, 3.8) is 0 Å². The third kappa shape index (κ3) is 3.42. The van der Waals surface area contributed by atoms with Gasteiger partial charge in [0.15, 0.2) is 11.6 Å². The minimum absolute atomic E-state index is 0.562. The summed E-state index contributed by atoms with van der Waals surface area (Å²) < 4.78 is 6.43. The molecule has 210 valence electrons. The number of hydrogen-bond donors (Lipinski definition) is 0. The van der Waals surface area contributed by atoms with Crippen molar-refractivity contribution in [1.82, 2.24) is 28.7 Å². The van der Waals surface area contributed by atoms with Gasteiger partial charge in [-0.2, -0.15) is 14.5 Å². The van der Waals surface area contributed by atoms with Gasteiger partial charge in [-0.25, -0.2) is 0 Å². The van der Waals surface area contributed by atoms with Crippen molar-refractivity contribution in [1.29, 1.82) is 0 Å². The SMILES string of the molecule is c1ccc2c(c1)c(-n1c3ccccc3c3ccccc31)nc1nc(-c3ccc(-n4c5ccccc5c5ccccc54)cc3)nn12. The Bertz CT molecular complexity index is 2660. The number of rotatable bonds is 3. The summed E-state index contributed by atoms with van der Waals surface area (Å²) in [4.78, 5) is 10.1. The lowest BCUT2D eigenvalue weighted by atomic mass is 10.2. The van der Waals surface area contributed by atoms with Gasteiger partial charge in [0, 0.05) is 38.2 Å². The molecule has 0 bridgehead atoms. The van der Waals surface area contributed by atoms with Gasteiger partial charge in [0.1, 0.15) is 0 Å². The minimum atomic E-state index is 0.562. The van der Waals surface area contributed by atoms with E-state index in [1.807, 2.05) is 10.6 Å². The van der Waals surface area contributed by atoms with E-state index in [0.29, 0.717) is 11.6 Å². The Labute approximate surface area is 257 Å². The summed E-state index contributed by atoms with van der Waals surface area (Å²) in [5, 5.41) is 10.9. The van der Waals surface area contributed by atoms with Crippen LogP contribution < -0.4 is 0 Å². The molecule has 0 radical (unpaired) electrons. The highest BCUT2D eigenvalue weighted by molar-refractivity contribution is 6.10. The van der Waals surface area contributed by atoms with Crippen LogP contribution in [0.15, 0.2) is 146 Å². The molecule has 0 spiro atoms. The molecule has 0 saturated carbocycles. The first-order chi connectivity index (χ1) is 22.3. The first-order valence-corrected chi connectivity index (χ1v) is 15.1. The van der Waals surface area contributed by atoms with E-state index in [0.717, 1.165) is 39.0 Å². The maximum Gasteiger partial charge on any atom is 0.255 e. The molecule has 4 heterocycles. The van der Waals surface area contributed by atoms with Gasteiger partial charge in [0.05, 0.1) is 27.6 Å². The maximum atomic E-state index is 5.17. The molecular formula is C39H24N6. The first-order valence-electron chi connectivity index (χ1n) is 15.1. The molecule has 0 aliphatic heterocycles. The molecule has 0 fully saturated rings. The fourth-order valence-corrected chi connectivity index (χ4v) is 6.94. The molecule has 6 aromatic carbocycles. The summed E-state index contributed by atoms with van der Waals surface area (Å²) in [7, 11) is 0. The molecule has 0 aliphatic rings. The smallest absolute Gasteiger partial charge is 0.255 e. The summed E-state index contributed by atoms with van der Waals surface area (Å²) in [6.45, 7) is 0. The predicted molar refractivity (Wildman–Crippen MR) is 182 cm³/mol. The van der Waals surface area contributed by atoms with Crippen LogP contribution in [0.4, 0.5) is 0 Å². The second-order valence-corrected chi connectivity index (χ2v) is 11.4. The van der Waals surface area contributed by atoms with Crippen LogP contribution in [0.3, 0.4) is 0 Å². The molecule has 0 N–H and O–H groups in total. The van der Waals surface area contributed by atoms with Crippen LogP contribution >= 0.6 is 0 Å². The second-order valence-electron chi connectivity index (χ2n) is 11.4. The molecule has 6 nitrogen and oxygen atoms in total. The molecule has 45 heavy (non-hydrogen) atoms. The minimum Gasteiger partial charge on any atom is -0.309 e. The van der Waals surface area contributed by atoms with Crippen LogP contribution in [0.1, 0.15) is 0 Å². The lowest BCUT2D eigenvalue weighted by Gasteiger charge is -2.11. The molecule has 10 aromatic rings. The first kappa shape index (κ1) is 24.2. The van der Waals surface area contributed by atoms with E-state index in [1.165, 1.54) is 32.6 Å². The van der Waals surface area contributed by atoms with Gasteiger partial charge in [0.2, 0.25) is 0 Å². The summed E-state index contributed by atoms with van der Waals surface area (Å²) in [5.74, 6) is 2.05. The Morgan fingerprint density at radius 1 is 0.378 bits per heavy atom. The van der Waals surface area contributed by atoms with Crippen LogP contribution in [0.2, 0.25) is 0 Å². The summed E-state index contributed by atoms with van der Waals surface area (Å²) in [6.07, 6.45) is 0. The highest BCUT2D eigenvalue weighted by Gasteiger charge is 2.19. The van der Waals surface area contributed by atoms with Crippen molar-refractivity contribution in [3.8, 4) is 22.9 Å². The van der Waals surface area contributed by atoms with E-state index in [4.69, 9.17) is 15.1 Å². The lowest BCUT2D eigenvalue weighted by Crippen LogP contribution is -2.03. The van der Waals surface area contributed by atoms with E-state index in [2.05, 4.69) is 149 Å². The zero-order chi connectivity index (χ0) is 29.5. The van der Waals surface area contributed by atoms with Gasteiger partial charge < -0.3 is 4.57 Å². The van der Waals surface area contributed by atoms with E-state index < -0.39 is 0 Å². The standard InChI is InChI=1S/C39H24N6/c1-6-16-32-27(11-1)28-12-2-7-17-33(28)43(32)26-23-21-25(22-24-26)37-40-39-41-38(31-15-5-10-20-36(31)45(39)42-37)44-34-18-8-3-13-29(34)30-14-4-9-19-35(30)44/h1-24H. The monoisotopic (exact) mass is 576 g/mol. The number of para-hydroxylation sites is 5. The van der Waals surface area contributed by atoms with Crippen LogP contribution in [0.5, 0.6) is 0 Å². The zero-order valence-electron chi connectivity index (χ0n) is 24.0. The molecule has 0 saturated heterocycles. The topological polar surface area (TPSA) is 52.9 Å². The Balaban J connectivity index is 1.15. The normalized spacial score (nSPS) is 12.0. The summed E-state index contributed by atoms with van der Waals surface area (Å²) in [6, 6.07) is 50.9. The van der Waals surface area contributed by atoms with Crippen LogP contribution in [-0.4, -0.2) is 28.7 Å². The molecule has 6 heteroatoms. The molecule has 10 rings (SSSR count). The number of aromatic nitrogens is 6. The Morgan fingerprint density at radius 3 is 1.36 bits per heavy atom. The van der Waals surface area contributed by atoms with E-state index >= 15 is 0 Å². The summed E-state index contributed by atoms with van der Waals surface area (Å²) in [5.41, 5.74) is 7.59. The second kappa shape index (κ2) is 9.11. The average Bonchev–Trinajstić information content (AvgIpc) is 3.79.